The lowest BCUT2D eigenvalue weighted by Gasteiger charge is -2.18. The molecular formula is C19H18N2O. The summed E-state index contributed by atoms with van der Waals surface area (Å²) in [6.45, 7) is 4.06. The molecule has 0 spiro atoms. The molecule has 0 aliphatic heterocycles. The number of anilines is 1. The molecule has 2 aromatic carbocycles. The van der Waals surface area contributed by atoms with Gasteiger partial charge in [0.15, 0.2) is 0 Å². The molecule has 0 aliphatic carbocycles. The maximum atomic E-state index is 12.7. The number of rotatable bonds is 2. The molecule has 0 bridgehead atoms. The fourth-order valence-electron chi connectivity index (χ4n) is 2.62. The number of hydrogen-bond donors (Lipinski definition) is 0. The molecule has 0 aliphatic rings. The molecule has 3 rings (SSSR count). The van der Waals surface area contributed by atoms with Crippen LogP contribution >= 0.6 is 0 Å². The minimum absolute atomic E-state index is 0.101. The van der Waals surface area contributed by atoms with Crippen LogP contribution in [-0.4, -0.2) is 17.9 Å². The van der Waals surface area contributed by atoms with Crippen molar-refractivity contribution in [2.45, 2.75) is 13.8 Å². The van der Waals surface area contributed by atoms with Crippen molar-refractivity contribution in [3.63, 3.8) is 0 Å². The number of hydrogen-bond acceptors (Lipinski definition) is 2. The smallest absolute Gasteiger partial charge is 0.276 e. The van der Waals surface area contributed by atoms with Gasteiger partial charge in [-0.2, -0.15) is 0 Å². The Bertz CT molecular complexity index is 835. The van der Waals surface area contributed by atoms with E-state index in [2.05, 4.69) is 11.1 Å². The van der Waals surface area contributed by atoms with Crippen LogP contribution in [0.4, 0.5) is 5.69 Å². The van der Waals surface area contributed by atoms with Gasteiger partial charge in [-0.25, -0.2) is 4.98 Å². The highest BCUT2D eigenvalue weighted by atomic mass is 16.2. The van der Waals surface area contributed by atoms with Crippen LogP contribution in [0.1, 0.15) is 21.6 Å². The highest BCUT2D eigenvalue weighted by molar-refractivity contribution is 6.05. The SMILES string of the molecule is Cc1cc(C)cc(N(C)C(=O)c2ccc3ccccc3n2)c1. The first-order chi connectivity index (χ1) is 10.5. The maximum absolute atomic E-state index is 12.7. The van der Waals surface area contributed by atoms with E-state index >= 15 is 0 Å². The molecular weight excluding hydrogens is 272 g/mol. The average Bonchev–Trinajstić information content (AvgIpc) is 2.52. The molecule has 0 radical (unpaired) electrons. The Kier molecular flexibility index (Phi) is 3.63. The largest absolute Gasteiger partial charge is 0.310 e. The molecule has 1 amide bonds. The third-order valence-electron chi connectivity index (χ3n) is 3.72. The second-order valence-electron chi connectivity index (χ2n) is 5.60. The number of carbonyl (C=O) groups excluding carboxylic acids is 1. The predicted octanol–water partition coefficient (Wildman–Crippen LogP) is 4.13. The summed E-state index contributed by atoms with van der Waals surface area (Å²) in [6, 6.07) is 17.6. The molecule has 0 saturated heterocycles. The van der Waals surface area contributed by atoms with E-state index in [0.29, 0.717) is 5.69 Å². The lowest BCUT2D eigenvalue weighted by Crippen LogP contribution is -2.27. The number of aryl methyl sites for hydroxylation is 2. The molecule has 3 heteroatoms. The minimum atomic E-state index is -0.101. The van der Waals surface area contributed by atoms with Gasteiger partial charge in [0.1, 0.15) is 5.69 Å². The summed E-state index contributed by atoms with van der Waals surface area (Å²) in [4.78, 5) is 18.8. The number of fused-ring (bicyclic) bond motifs is 1. The van der Waals surface area contributed by atoms with E-state index in [0.717, 1.165) is 27.7 Å². The van der Waals surface area contributed by atoms with Gasteiger partial charge in [0.25, 0.3) is 5.91 Å². The summed E-state index contributed by atoms with van der Waals surface area (Å²) in [5, 5.41) is 1.04. The van der Waals surface area contributed by atoms with Crippen LogP contribution in [-0.2, 0) is 0 Å². The first kappa shape index (κ1) is 14.3. The van der Waals surface area contributed by atoms with Crippen molar-refractivity contribution in [2.75, 3.05) is 11.9 Å². The van der Waals surface area contributed by atoms with Crippen LogP contribution in [0, 0.1) is 13.8 Å². The van der Waals surface area contributed by atoms with Gasteiger partial charge in [0, 0.05) is 18.1 Å². The van der Waals surface area contributed by atoms with E-state index in [9.17, 15) is 4.79 Å². The van der Waals surface area contributed by atoms with Gasteiger partial charge >= 0.3 is 0 Å². The Labute approximate surface area is 130 Å². The van der Waals surface area contributed by atoms with Gasteiger partial charge in [-0.05, 0) is 49.2 Å². The molecule has 1 aromatic heterocycles. The highest BCUT2D eigenvalue weighted by Gasteiger charge is 2.15. The number of para-hydroxylation sites is 1. The summed E-state index contributed by atoms with van der Waals surface area (Å²) < 4.78 is 0. The van der Waals surface area contributed by atoms with Crippen LogP contribution in [0.25, 0.3) is 10.9 Å². The molecule has 3 aromatic rings. The number of benzene rings is 2. The van der Waals surface area contributed by atoms with Gasteiger partial charge < -0.3 is 4.90 Å². The van der Waals surface area contributed by atoms with Crippen molar-refractivity contribution in [2.24, 2.45) is 0 Å². The summed E-state index contributed by atoms with van der Waals surface area (Å²) in [6.07, 6.45) is 0. The molecule has 3 nitrogen and oxygen atoms in total. The monoisotopic (exact) mass is 290 g/mol. The molecule has 0 N–H and O–H groups in total. The normalized spacial score (nSPS) is 10.7. The fraction of sp³-hybridized carbons (Fsp3) is 0.158. The zero-order valence-corrected chi connectivity index (χ0v) is 13.0. The first-order valence-corrected chi connectivity index (χ1v) is 7.27. The second kappa shape index (κ2) is 5.60. The van der Waals surface area contributed by atoms with Gasteiger partial charge in [0.05, 0.1) is 5.52 Å². The molecule has 22 heavy (non-hydrogen) atoms. The van der Waals surface area contributed by atoms with Crippen LogP contribution in [0.3, 0.4) is 0 Å². The van der Waals surface area contributed by atoms with Crippen molar-refractivity contribution in [3.05, 3.63) is 71.4 Å². The Hall–Kier alpha value is -2.68. The van der Waals surface area contributed by atoms with Gasteiger partial charge in [-0.1, -0.05) is 30.3 Å². The predicted molar refractivity (Wildman–Crippen MR) is 90.4 cm³/mol. The van der Waals surface area contributed by atoms with Gasteiger partial charge in [-0.3, -0.25) is 4.79 Å². The van der Waals surface area contributed by atoms with E-state index in [1.807, 2.05) is 56.3 Å². The summed E-state index contributed by atoms with van der Waals surface area (Å²) in [5.74, 6) is -0.101. The zero-order chi connectivity index (χ0) is 15.7. The van der Waals surface area contributed by atoms with Gasteiger partial charge in [-0.15, -0.1) is 0 Å². The van der Waals surface area contributed by atoms with Crippen LogP contribution < -0.4 is 4.90 Å². The Balaban J connectivity index is 1.97. The number of amides is 1. The van der Waals surface area contributed by atoms with Crippen molar-refractivity contribution in [3.8, 4) is 0 Å². The molecule has 0 unspecified atom stereocenters. The van der Waals surface area contributed by atoms with Crippen LogP contribution in [0.5, 0.6) is 0 Å². The number of aromatic nitrogens is 1. The minimum Gasteiger partial charge on any atom is -0.310 e. The van der Waals surface area contributed by atoms with Gasteiger partial charge in [0.2, 0.25) is 0 Å². The number of nitrogens with zero attached hydrogens (tertiary/aromatic N) is 2. The Morgan fingerprint density at radius 3 is 2.36 bits per heavy atom. The number of carbonyl (C=O) groups is 1. The molecule has 0 saturated carbocycles. The van der Waals surface area contributed by atoms with E-state index in [4.69, 9.17) is 0 Å². The third kappa shape index (κ3) is 2.70. The summed E-state index contributed by atoms with van der Waals surface area (Å²) in [7, 11) is 1.79. The van der Waals surface area contributed by atoms with E-state index < -0.39 is 0 Å². The quantitative estimate of drug-likeness (QED) is 0.711. The molecule has 110 valence electrons. The fourth-order valence-corrected chi connectivity index (χ4v) is 2.62. The Morgan fingerprint density at radius 1 is 0.955 bits per heavy atom. The average molecular weight is 290 g/mol. The van der Waals surface area contributed by atoms with E-state index in [1.165, 1.54) is 0 Å². The topological polar surface area (TPSA) is 33.2 Å². The number of pyridine rings is 1. The maximum Gasteiger partial charge on any atom is 0.276 e. The van der Waals surface area contributed by atoms with Crippen molar-refractivity contribution in [1.82, 2.24) is 4.98 Å². The van der Waals surface area contributed by atoms with E-state index in [-0.39, 0.29) is 5.91 Å². The standard InChI is InChI=1S/C19H18N2O/c1-13-10-14(2)12-16(11-13)21(3)19(22)18-9-8-15-6-4-5-7-17(15)20-18/h4-12H,1-3H3. The second-order valence-corrected chi connectivity index (χ2v) is 5.60. The Morgan fingerprint density at radius 2 is 1.64 bits per heavy atom. The van der Waals surface area contributed by atoms with Crippen LogP contribution in [0.2, 0.25) is 0 Å². The van der Waals surface area contributed by atoms with Crippen molar-refractivity contribution < 1.29 is 4.79 Å². The molecule has 1 heterocycles. The zero-order valence-electron chi connectivity index (χ0n) is 13.0. The van der Waals surface area contributed by atoms with Crippen LogP contribution in [0.15, 0.2) is 54.6 Å². The van der Waals surface area contributed by atoms with E-state index in [1.54, 1.807) is 18.0 Å². The lowest BCUT2D eigenvalue weighted by atomic mass is 10.1. The molecule has 0 fully saturated rings. The summed E-state index contributed by atoms with van der Waals surface area (Å²) in [5.41, 5.74) is 4.46. The summed E-state index contributed by atoms with van der Waals surface area (Å²) >= 11 is 0. The highest BCUT2D eigenvalue weighted by Crippen LogP contribution is 2.20. The third-order valence-corrected chi connectivity index (χ3v) is 3.72. The first-order valence-electron chi connectivity index (χ1n) is 7.27. The van der Waals surface area contributed by atoms with Crippen molar-refractivity contribution >= 4 is 22.5 Å². The van der Waals surface area contributed by atoms with Crippen molar-refractivity contribution in [1.29, 1.82) is 0 Å². The lowest BCUT2D eigenvalue weighted by molar-refractivity contribution is 0.0988. The molecule has 0 atom stereocenters.